The minimum absolute atomic E-state index is 0.347. The minimum Gasteiger partial charge on any atom is -0.469 e. The molecule has 26 heavy (non-hydrogen) atoms. The van der Waals surface area contributed by atoms with Gasteiger partial charge in [0.15, 0.2) is 11.7 Å². The molecule has 1 unspecified atom stereocenters. The summed E-state index contributed by atoms with van der Waals surface area (Å²) >= 11 is 0. The number of rotatable bonds is 10. The van der Waals surface area contributed by atoms with Crippen LogP contribution in [0, 0.1) is 0 Å². The van der Waals surface area contributed by atoms with E-state index in [-0.39, 0.29) is 0 Å². The van der Waals surface area contributed by atoms with Gasteiger partial charge in [0.2, 0.25) is 0 Å². The molecule has 0 saturated heterocycles. The highest BCUT2D eigenvalue weighted by Gasteiger charge is 2.13. The van der Waals surface area contributed by atoms with E-state index < -0.39 is 0 Å². The lowest BCUT2D eigenvalue weighted by atomic mass is 9.99. The Balaban J connectivity index is 1.94. The fourth-order valence-corrected chi connectivity index (χ4v) is 2.71. The van der Waals surface area contributed by atoms with Gasteiger partial charge in [0.1, 0.15) is 12.3 Å². The molecule has 2 heterocycles. The standard InChI is InChI=1S/C20H32N4O2/c1-5-15(4)23-20(21-11-10-17-9-8-12-25-17)22-14-18-13-19(24-26-18)16(6-2)7-3/h8-9,12-13,15-16H,5-7,10-11,14H2,1-4H3,(H2,21,22,23). The SMILES string of the molecule is CCC(C)NC(=NCc1cc(C(CC)CC)no1)NCCc1ccco1. The van der Waals surface area contributed by atoms with Gasteiger partial charge in [-0.15, -0.1) is 0 Å². The summed E-state index contributed by atoms with van der Waals surface area (Å²) in [5.41, 5.74) is 1.03. The molecule has 144 valence electrons. The van der Waals surface area contributed by atoms with Crippen LogP contribution in [0.1, 0.15) is 70.1 Å². The number of aliphatic imine (C=N–C) groups is 1. The molecule has 6 heteroatoms. The van der Waals surface area contributed by atoms with Crippen LogP contribution >= 0.6 is 0 Å². The van der Waals surface area contributed by atoms with Crippen LogP contribution in [-0.4, -0.2) is 23.7 Å². The van der Waals surface area contributed by atoms with Crippen molar-refractivity contribution in [3.8, 4) is 0 Å². The Labute approximate surface area is 156 Å². The molecule has 0 saturated carbocycles. The smallest absolute Gasteiger partial charge is 0.191 e. The molecular formula is C20H32N4O2. The quantitative estimate of drug-likeness (QED) is 0.489. The Bertz CT molecular complexity index is 645. The summed E-state index contributed by atoms with van der Waals surface area (Å²) in [5.74, 6) is 3.00. The van der Waals surface area contributed by atoms with Crippen molar-refractivity contribution < 1.29 is 8.94 Å². The largest absolute Gasteiger partial charge is 0.469 e. The molecule has 0 radical (unpaired) electrons. The Kier molecular flexibility index (Phi) is 8.25. The van der Waals surface area contributed by atoms with Crippen LogP contribution in [0.4, 0.5) is 0 Å². The van der Waals surface area contributed by atoms with E-state index in [2.05, 4.69) is 48.5 Å². The second-order valence-corrected chi connectivity index (χ2v) is 6.61. The van der Waals surface area contributed by atoms with Gasteiger partial charge in [-0.1, -0.05) is 25.9 Å². The van der Waals surface area contributed by atoms with E-state index in [1.54, 1.807) is 6.26 Å². The van der Waals surface area contributed by atoms with Crippen LogP contribution in [0.2, 0.25) is 0 Å². The Morgan fingerprint density at radius 2 is 2.00 bits per heavy atom. The molecule has 6 nitrogen and oxygen atoms in total. The molecule has 2 aromatic heterocycles. The molecule has 2 rings (SSSR count). The van der Waals surface area contributed by atoms with Crippen molar-refractivity contribution in [2.45, 2.75) is 71.9 Å². The van der Waals surface area contributed by atoms with Crippen molar-refractivity contribution in [3.63, 3.8) is 0 Å². The Hall–Kier alpha value is -2.24. The third kappa shape index (κ3) is 6.24. The van der Waals surface area contributed by atoms with Crippen molar-refractivity contribution in [3.05, 3.63) is 41.7 Å². The summed E-state index contributed by atoms with van der Waals surface area (Å²) in [7, 11) is 0. The first-order valence-electron chi connectivity index (χ1n) is 9.68. The number of hydrogen-bond donors (Lipinski definition) is 2. The summed E-state index contributed by atoms with van der Waals surface area (Å²) in [4.78, 5) is 4.66. The van der Waals surface area contributed by atoms with Crippen LogP contribution < -0.4 is 10.6 Å². The molecule has 2 aromatic rings. The molecule has 1 atom stereocenters. The molecule has 0 aliphatic rings. The lowest BCUT2D eigenvalue weighted by molar-refractivity contribution is 0.372. The maximum Gasteiger partial charge on any atom is 0.191 e. The number of furan rings is 1. The maximum absolute atomic E-state index is 5.47. The highest BCUT2D eigenvalue weighted by molar-refractivity contribution is 5.80. The molecule has 0 fully saturated rings. The molecule has 2 N–H and O–H groups in total. The Morgan fingerprint density at radius 3 is 2.65 bits per heavy atom. The maximum atomic E-state index is 5.47. The molecule has 0 bridgehead atoms. The van der Waals surface area contributed by atoms with E-state index in [1.807, 2.05) is 18.2 Å². The predicted molar refractivity (Wildman–Crippen MR) is 104 cm³/mol. The minimum atomic E-state index is 0.347. The second kappa shape index (κ2) is 10.7. The zero-order valence-corrected chi connectivity index (χ0v) is 16.4. The molecule has 0 amide bonds. The lowest BCUT2D eigenvalue weighted by Gasteiger charge is -2.16. The van der Waals surface area contributed by atoms with E-state index in [9.17, 15) is 0 Å². The van der Waals surface area contributed by atoms with E-state index in [0.717, 1.165) is 55.4 Å². The summed E-state index contributed by atoms with van der Waals surface area (Å²) in [6.45, 7) is 9.88. The van der Waals surface area contributed by atoms with Gasteiger partial charge in [-0.05, 0) is 38.3 Å². The second-order valence-electron chi connectivity index (χ2n) is 6.61. The normalized spacial score (nSPS) is 13.2. The van der Waals surface area contributed by atoms with Crippen LogP contribution in [0.3, 0.4) is 0 Å². The summed E-state index contributed by atoms with van der Waals surface area (Å²) in [6, 6.07) is 6.27. The number of nitrogens with zero attached hydrogens (tertiary/aromatic N) is 2. The van der Waals surface area contributed by atoms with Crippen LogP contribution in [0.15, 0.2) is 38.4 Å². The van der Waals surface area contributed by atoms with Gasteiger partial charge in [0.05, 0.1) is 12.0 Å². The molecule has 0 aromatic carbocycles. The third-order valence-corrected chi connectivity index (χ3v) is 4.61. The average molecular weight is 361 g/mol. The van der Waals surface area contributed by atoms with Crippen LogP contribution in [-0.2, 0) is 13.0 Å². The van der Waals surface area contributed by atoms with Gasteiger partial charge in [-0.2, -0.15) is 0 Å². The summed E-state index contributed by atoms with van der Waals surface area (Å²) in [6.07, 6.45) is 5.68. The average Bonchev–Trinajstić information content (AvgIpc) is 3.32. The van der Waals surface area contributed by atoms with Gasteiger partial charge in [0, 0.05) is 31.0 Å². The first kappa shape index (κ1) is 20.1. The third-order valence-electron chi connectivity index (χ3n) is 4.61. The van der Waals surface area contributed by atoms with E-state index >= 15 is 0 Å². The molecule has 0 spiro atoms. The molecule has 0 aliphatic heterocycles. The number of nitrogens with one attached hydrogen (secondary N) is 2. The predicted octanol–water partition coefficient (Wildman–Crippen LogP) is 4.25. The lowest BCUT2D eigenvalue weighted by Crippen LogP contribution is -2.42. The van der Waals surface area contributed by atoms with E-state index in [4.69, 9.17) is 8.94 Å². The monoisotopic (exact) mass is 360 g/mol. The Morgan fingerprint density at radius 1 is 1.19 bits per heavy atom. The van der Waals surface area contributed by atoms with Gasteiger partial charge in [-0.25, -0.2) is 4.99 Å². The van der Waals surface area contributed by atoms with Gasteiger partial charge in [0.25, 0.3) is 0 Å². The number of aromatic nitrogens is 1. The highest BCUT2D eigenvalue weighted by Crippen LogP contribution is 2.22. The van der Waals surface area contributed by atoms with Crippen LogP contribution in [0.25, 0.3) is 0 Å². The number of hydrogen-bond acceptors (Lipinski definition) is 4. The zero-order valence-electron chi connectivity index (χ0n) is 16.4. The van der Waals surface area contributed by atoms with Crippen molar-refractivity contribution in [1.29, 1.82) is 0 Å². The number of guanidine groups is 1. The topological polar surface area (TPSA) is 75.6 Å². The van der Waals surface area contributed by atoms with Crippen molar-refractivity contribution in [2.24, 2.45) is 4.99 Å². The van der Waals surface area contributed by atoms with Crippen molar-refractivity contribution >= 4 is 5.96 Å². The van der Waals surface area contributed by atoms with Crippen LogP contribution in [0.5, 0.6) is 0 Å². The van der Waals surface area contributed by atoms with Gasteiger partial charge in [-0.3, -0.25) is 0 Å². The molecular weight excluding hydrogens is 328 g/mol. The first-order valence-corrected chi connectivity index (χ1v) is 9.68. The zero-order chi connectivity index (χ0) is 18.8. The van der Waals surface area contributed by atoms with Gasteiger partial charge >= 0.3 is 0 Å². The fraction of sp³-hybridized carbons (Fsp3) is 0.600. The van der Waals surface area contributed by atoms with Gasteiger partial charge < -0.3 is 19.6 Å². The fourth-order valence-electron chi connectivity index (χ4n) is 2.71. The highest BCUT2D eigenvalue weighted by atomic mass is 16.5. The van der Waals surface area contributed by atoms with Crippen molar-refractivity contribution in [2.75, 3.05) is 6.54 Å². The van der Waals surface area contributed by atoms with E-state index in [1.165, 1.54) is 0 Å². The summed E-state index contributed by atoms with van der Waals surface area (Å²) in [5, 5.41) is 11.0. The summed E-state index contributed by atoms with van der Waals surface area (Å²) < 4.78 is 10.8. The van der Waals surface area contributed by atoms with Crippen molar-refractivity contribution in [1.82, 2.24) is 15.8 Å². The van der Waals surface area contributed by atoms with E-state index in [0.29, 0.717) is 18.5 Å². The molecule has 0 aliphatic carbocycles. The first-order chi connectivity index (χ1) is 12.7.